The molecule has 1 saturated carbocycles. The quantitative estimate of drug-likeness (QED) is 0.200. The molecule has 4 N–H and O–H groups in total. The highest BCUT2D eigenvalue weighted by Gasteiger charge is 2.70. The molecule has 1 saturated heterocycles. The number of hydrogen-bond acceptors (Lipinski definition) is 7. The third kappa shape index (κ3) is 10.2. The van der Waals surface area contributed by atoms with E-state index >= 15 is 0 Å². The van der Waals surface area contributed by atoms with Crippen LogP contribution in [0.15, 0.2) is 0 Å². The van der Waals surface area contributed by atoms with Gasteiger partial charge in [0.1, 0.15) is 17.7 Å². The van der Waals surface area contributed by atoms with E-state index in [2.05, 4.69) is 35.1 Å². The number of urea groups is 1. The molecule has 5 amide bonds. The number of carbonyl (C=O) groups excluding carboxylic acids is 6. The first-order valence-electron chi connectivity index (χ1n) is 16.1. The SMILES string of the molecule is CCCC(NC(=O)[C@@H]1C2[C@H](CN1C(=O)[C@@H](NC(=O)NC(C)(C)C)C(C)(C)C)C2(C)C)C(=O)C(=O)N[C@@H](C)CC(=O)OC(C)(C)C. The summed E-state index contributed by atoms with van der Waals surface area (Å²) in [5, 5.41) is 11.0. The van der Waals surface area contributed by atoms with E-state index in [1.807, 2.05) is 48.5 Å². The molecule has 45 heavy (non-hydrogen) atoms. The average molecular weight is 636 g/mol. The fourth-order valence-corrected chi connectivity index (χ4v) is 6.09. The molecule has 12 nitrogen and oxygen atoms in total. The van der Waals surface area contributed by atoms with Crippen molar-refractivity contribution in [2.75, 3.05) is 6.54 Å². The van der Waals surface area contributed by atoms with E-state index in [1.165, 1.54) is 4.90 Å². The van der Waals surface area contributed by atoms with Crippen molar-refractivity contribution >= 4 is 35.5 Å². The van der Waals surface area contributed by atoms with Crippen LogP contribution in [-0.2, 0) is 28.7 Å². The molecule has 0 radical (unpaired) electrons. The monoisotopic (exact) mass is 635 g/mol. The van der Waals surface area contributed by atoms with E-state index in [-0.39, 0.29) is 36.0 Å². The van der Waals surface area contributed by atoms with Crippen molar-refractivity contribution in [2.45, 2.75) is 145 Å². The van der Waals surface area contributed by atoms with Gasteiger partial charge in [-0.25, -0.2) is 4.79 Å². The van der Waals surface area contributed by atoms with E-state index in [0.717, 1.165) is 0 Å². The Morgan fingerprint density at radius 2 is 1.49 bits per heavy atom. The van der Waals surface area contributed by atoms with Crippen LogP contribution >= 0.6 is 0 Å². The van der Waals surface area contributed by atoms with Crippen LogP contribution in [0.3, 0.4) is 0 Å². The summed E-state index contributed by atoms with van der Waals surface area (Å²) in [6, 6.07) is -4.04. The molecule has 2 fully saturated rings. The average Bonchev–Trinajstić information content (AvgIpc) is 3.17. The number of likely N-dealkylation sites (tertiary alicyclic amines) is 1. The van der Waals surface area contributed by atoms with Gasteiger partial charge < -0.3 is 30.9 Å². The molecule has 256 valence electrons. The second kappa shape index (κ2) is 13.7. The molecule has 0 bridgehead atoms. The number of Topliss-reactive ketones (excluding diaryl/α,β-unsaturated/α-hetero) is 1. The number of ketones is 1. The minimum Gasteiger partial charge on any atom is -0.460 e. The predicted octanol–water partition coefficient (Wildman–Crippen LogP) is 3.07. The minimum atomic E-state index is -1.11. The molecule has 0 aromatic carbocycles. The van der Waals surface area contributed by atoms with Crippen molar-refractivity contribution in [3.63, 3.8) is 0 Å². The Morgan fingerprint density at radius 3 is 1.98 bits per heavy atom. The van der Waals surface area contributed by atoms with Crippen molar-refractivity contribution in [2.24, 2.45) is 22.7 Å². The maximum atomic E-state index is 14.1. The van der Waals surface area contributed by atoms with Crippen molar-refractivity contribution in [3.8, 4) is 0 Å². The molecule has 1 aliphatic heterocycles. The maximum absolute atomic E-state index is 14.1. The molecule has 12 heteroatoms. The predicted molar refractivity (Wildman–Crippen MR) is 171 cm³/mol. The number of nitrogens with one attached hydrogen (secondary N) is 4. The number of nitrogens with zero attached hydrogens (tertiary/aromatic N) is 1. The van der Waals surface area contributed by atoms with Crippen LogP contribution in [-0.4, -0.2) is 82.3 Å². The molecular formula is C33H57N5O7. The zero-order valence-electron chi connectivity index (χ0n) is 29.6. The second-order valence-electron chi connectivity index (χ2n) is 16.4. The number of esters is 1. The minimum absolute atomic E-state index is 0.0820. The highest BCUT2D eigenvalue weighted by Crippen LogP contribution is 2.65. The lowest BCUT2D eigenvalue weighted by molar-refractivity contribution is -0.155. The Hall–Kier alpha value is -3.18. The third-order valence-electron chi connectivity index (χ3n) is 8.34. The fraction of sp³-hybridized carbons (Fsp3) is 0.818. The lowest BCUT2D eigenvalue weighted by Crippen LogP contribution is -2.62. The molecule has 2 unspecified atom stereocenters. The van der Waals surface area contributed by atoms with Gasteiger partial charge in [-0.2, -0.15) is 0 Å². The van der Waals surface area contributed by atoms with Crippen molar-refractivity contribution < 1.29 is 33.5 Å². The number of fused-ring (bicyclic) bond motifs is 1. The smallest absolute Gasteiger partial charge is 0.315 e. The van der Waals surface area contributed by atoms with Crippen molar-refractivity contribution in [1.82, 2.24) is 26.2 Å². The van der Waals surface area contributed by atoms with E-state index in [0.29, 0.717) is 13.0 Å². The summed E-state index contributed by atoms with van der Waals surface area (Å²) in [4.78, 5) is 80.7. The van der Waals surface area contributed by atoms with Crippen molar-refractivity contribution in [3.05, 3.63) is 0 Å². The van der Waals surface area contributed by atoms with Crippen LogP contribution in [0.25, 0.3) is 0 Å². The summed E-state index contributed by atoms with van der Waals surface area (Å²) < 4.78 is 5.30. The third-order valence-corrected chi connectivity index (χ3v) is 8.34. The van der Waals surface area contributed by atoms with Gasteiger partial charge in [0.25, 0.3) is 5.91 Å². The topological polar surface area (TPSA) is 163 Å². The first-order valence-corrected chi connectivity index (χ1v) is 16.1. The van der Waals surface area contributed by atoms with Gasteiger partial charge in [-0.15, -0.1) is 0 Å². The normalized spacial score (nSPS) is 22.7. The molecular weight excluding hydrogens is 578 g/mol. The number of hydrogen-bond donors (Lipinski definition) is 4. The number of piperidine rings is 1. The van der Waals surface area contributed by atoms with Crippen LogP contribution in [0.4, 0.5) is 4.79 Å². The van der Waals surface area contributed by atoms with Gasteiger partial charge in [0.2, 0.25) is 17.6 Å². The number of amides is 5. The van der Waals surface area contributed by atoms with Gasteiger partial charge in [-0.3, -0.25) is 24.0 Å². The van der Waals surface area contributed by atoms with Crippen LogP contribution in [0, 0.1) is 22.7 Å². The molecule has 2 aliphatic rings. The van der Waals surface area contributed by atoms with E-state index in [9.17, 15) is 28.8 Å². The zero-order chi connectivity index (χ0) is 34.9. The lowest BCUT2D eigenvalue weighted by Gasteiger charge is -2.38. The van der Waals surface area contributed by atoms with Gasteiger partial charge in [-0.05, 0) is 77.6 Å². The molecule has 1 aliphatic carbocycles. The number of carbonyl (C=O) groups is 6. The molecule has 1 heterocycles. The van der Waals surface area contributed by atoms with Gasteiger partial charge in [0.15, 0.2) is 0 Å². The summed E-state index contributed by atoms with van der Waals surface area (Å²) in [5.41, 5.74) is -2.05. The Labute approximate surface area is 268 Å². The first-order chi connectivity index (χ1) is 20.3. The number of rotatable bonds is 11. The Morgan fingerprint density at radius 1 is 0.911 bits per heavy atom. The van der Waals surface area contributed by atoms with Crippen LogP contribution in [0.5, 0.6) is 0 Å². The van der Waals surface area contributed by atoms with Crippen molar-refractivity contribution in [1.29, 1.82) is 0 Å². The second-order valence-corrected chi connectivity index (χ2v) is 16.4. The van der Waals surface area contributed by atoms with Gasteiger partial charge in [-0.1, -0.05) is 48.0 Å². The standard InChI is InChI=1S/C33H57N5O7/c1-14-15-20(24(40)27(42)34-18(2)16-21(39)45-32(9,10)11)35-26(41)23-22-19(33(22,12)13)17-38(23)28(43)25(30(3,4)5)36-29(44)37-31(6,7)8/h18-20,22-23,25H,14-17H2,1-13H3,(H,34,42)(H,35,41)(H2,36,37,44)/t18-,19-,20?,22?,23-,25+/m0/s1. The molecule has 0 aromatic heterocycles. The summed E-state index contributed by atoms with van der Waals surface area (Å²) in [6.45, 7) is 24.2. The zero-order valence-corrected chi connectivity index (χ0v) is 29.6. The largest absolute Gasteiger partial charge is 0.460 e. The molecule has 6 atom stereocenters. The highest BCUT2D eigenvalue weighted by atomic mass is 16.6. The summed E-state index contributed by atoms with van der Waals surface area (Å²) in [6.07, 6.45) is 0.617. The van der Waals surface area contributed by atoms with Gasteiger partial charge in [0, 0.05) is 18.1 Å². The Bertz CT molecular complexity index is 1160. The lowest BCUT2D eigenvalue weighted by atomic mass is 9.85. The van der Waals surface area contributed by atoms with Gasteiger partial charge >= 0.3 is 12.0 Å². The Kier molecular flexibility index (Phi) is 11.5. The Balaban J connectivity index is 2.23. The highest BCUT2D eigenvalue weighted by molar-refractivity contribution is 6.38. The summed E-state index contributed by atoms with van der Waals surface area (Å²) >= 11 is 0. The molecule has 0 aromatic rings. The van der Waals surface area contributed by atoms with Gasteiger partial charge in [0.05, 0.1) is 12.5 Å². The van der Waals surface area contributed by atoms with Crippen LogP contribution in [0.1, 0.15) is 109 Å². The van der Waals surface area contributed by atoms with Crippen LogP contribution in [0.2, 0.25) is 0 Å². The maximum Gasteiger partial charge on any atom is 0.315 e. The molecule has 2 rings (SSSR count). The fourth-order valence-electron chi connectivity index (χ4n) is 6.09. The van der Waals surface area contributed by atoms with Crippen LogP contribution < -0.4 is 21.3 Å². The number of ether oxygens (including phenoxy) is 1. The van der Waals surface area contributed by atoms with E-state index in [1.54, 1.807) is 27.7 Å². The van der Waals surface area contributed by atoms with E-state index in [4.69, 9.17) is 4.74 Å². The first kappa shape index (κ1) is 38.0. The summed E-state index contributed by atoms with van der Waals surface area (Å²) in [7, 11) is 0. The molecule has 0 spiro atoms. The summed E-state index contributed by atoms with van der Waals surface area (Å²) in [5.74, 6) is -3.17. The van der Waals surface area contributed by atoms with E-state index < -0.39 is 70.3 Å².